The van der Waals surface area contributed by atoms with E-state index in [2.05, 4.69) is 15.8 Å². The molecule has 0 radical (unpaired) electrons. The molecule has 35 heavy (non-hydrogen) atoms. The maximum atomic E-state index is 12.3. The minimum absolute atomic E-state index is 0.151. The Morgan fingerprint density at radius 1 is 1.09 bits per heavy atom. The van der Waals surface area contributed by atoms with E-state index in [0.717, 1.165) is 16.1 Å². The quantitative estimate of drug-likeness (QED) is 0.308. The summed E-state index contributed by atoms with van der Waals surface area (Å²) in [5.41, 5.74) is 4.27. The van der Waals surface area contributed by atoms with Gasteiger partial charge in [-0.25, -0.2) is 13.8 Å². The van der Waals surface area contributed by atoms with Gasteiger partial charge in [-0.05, 0) is 66.6 Å². The molecule has 0 spiro atoms. The van der Waals surface area contributed by atoms with Gasteiger partial charge in [-0.1, -0.05) is 12.1 Å². The number of carbonyl (C=O) groups excluding carboxylic acids is 2. The second-order valence-corrected chi connectivity index (χ2v) is 9.52. The number of nitrogens with zero attached hydrogens (tertiary/aromatic N) is 2. The van der Waals surface area contributed by atoms with Crippen molar-refractivity contribution in [3.8, 4) is 5.75 Å². The number of amides is 2. The standard InChI is InChI=1S/C24H26N4O6S/c1-18-5-3-6-20(13-18)28(35(2,31)32)16-23(29)27-26-14-19-8-10-21(11-9-19)34-17-24(30)25-15-22-7-4-12-33-22/h3-14H,15-17H2,1-2H3,(H,25,30)(H,27,29)/b26-14-. The second kappa shape index (κ2) is 11.8. The summed E-state index contributed by atoms with van der Waals surface area (Å²) in [7, 11) is -3.67. The highest BCUT2D eigenvalue weighted by molar-refractivity contribution is 7.92. The fourth-order valence-corrected chi connectivity index (χ4v) is 3.82. The minimum atomic E-state index is -3.67. The Morgan fingerprint density at radius 3 is 2.51 bits per heavy atom. The number of hydrazone groups is 1. The second-order valence-electron chi connectivity index (χ2n) is 7.62. The number of benzene rings is 2. The molecule has 3 aromatic rings. The van der Waals surface area contributed by atoms with Crippen molar-refractivity contribution in [3.63, 3.8) is 0 Å². The maximum absolute atomic E-state index is 12.3. The molecule has 0 bridgehead atoms. The van der Waals surface area contributed by atoms with Gasteiger partial charge in [0.05, 0.1) is 31.0 Å². The molecule has 2 amide bonds. The van der Waals surface area contributed by atoms with E-state index in [9.17, 15) is 18.0 Å². The minimum Gasteiger partial charge on any atom is -0.484 e. The lowest BCUT2D eigenvalue weighted by atomic mass is 10.2. The van der Waals surface area contributed by atoms with Gasteiger partial charge in [-0.3, -0.25) is 13.9 Å². The summed E-state index contributed by atoms with van der Waals surface area (Å²) in [6.45, 7) is 1.56. The van der Waals surface area contributed by atoms with Crippen molar-refractivity contribution in [2.45, 2.75) is 13.5 Å². The molecule has 184 valence electrons. The van der Waals surface area contributed by atoms with Crippen molar-refractivity contribution in [2.24, 2.45) is 5.10 Å². The molecule has 0 aliphatic heterocycles. The molecule has 0 aliphatic carbocycles. The lowest BCUT2D eigenvalue weighted by Crippen LogP contribution is -2.39. The third-order valence-corrected chi connectivity index (χ3v) is 5.81. The molecule has 11 heteroatoms. The van der Waals surface area contributed by atoms with Crippen LogP contribution in [0.1, 0.15) is 16.9 Å². The fraction of sp³-hybridized carbons (Fsp3) is 0.208. The Balaban J connectivity index is 1.47. The first-order valence-corrected chi connectivity index (χ1v) is 12.4. The first-order valence-electron chi connectivity index (χ1n) is 10.6. The highest BCUT2D eigenvalue weighted by atomic mass is 32.2. The van der Waals surface area contributed by atoms with E-state index in [1.54, 1.807) is 54.6 Å². The molecule has 2 aromatic carbocycles. The maximum Gasteiger partial charge on any atom is 0.260 e. The fourth-order valence-electron chi connectivity index (χ4n) is 2.98. The van der Waals surface area contributed by atoms with Gasteiger partial charge in [-0.2, -0.15) is 5.10 Å². The highest BCUT2D eigenvalue weighted by Crippen LogP contribution is 2.18. The summed E-state index contributed by atoms with van der Waals surface area (Å²) in [5, 5.41) is 6.56. The van der Waals surface area contributed by atoms with E-state index in [1.165, 1.54) is 12.5 Å². The molecule has 2 N–H and O–H groups in total. The lowest BCUT2D eigenvalue weighted by Gasteiger charge is -2.21. The molecule has 0 saturated carbocycles. The Kier molecular flexibility index (Phi) is 8.63. The first kappa shape index (κ1) is 25.5. The van der Waals surface area contributed by atoms with E-state index in [0.29, 0.717) is 22.8 Å². The molecular weight excluding hydrogens is 472 g/mol. The molecular formula is C24H26N4O6S. The zero-order valence-electron chi connectivity index (χ0n) is 19.3. The summed E-state index contributed by atoms with van der Waals surface area (Å²) in [6, 6.07) is 17.1. The number of aryl methyl sites for hydroxylation is 1. The van der Waals surface area contributed by atoms with Crippen molar-refractivity contribution in [3.05, 3.63) is 83.8 Å². The average Bonchev–Trinajstić information content (AvgIpc) is 3.34. The van der Waals surface area contributed by atoms with Gasteiger partial charge in [0.2, 0.25) is 10.0 Å². The molecule has 0 aliphatic rings. The number of hydrogen-bond acceptors (Lipinski definition) is 7. The van der Waals surface area contributed by atoms with Gasteiger partial charge < -0.3 is 14.5 Å². The van der Waals surface area contributed by atoms with E-state index in [1.807, 2.05) is 13.0 Å². The van der Waals surface area contributed by atoms with Crippen LogP contribution in [0.2, 0.25) is 0 Å². The summed E-state index contributed by atoms with van der Waals surface area (Å²) in [5.74, 6) is 0.256. The SMILES string of the molecule is Cc1cccc(N(CC(=O)N/N=C\c2ccc(OCC(=O)NCc3ccco3)cc2)S(C)(=O)=O)c1. The van der Waals surface area contributed by atoms with Crippen LogP contribution in [-0.2, 0) is 26.2 Å². The molecule has 10 nitrogen and oxygen atoms in total. The van der Waals surface area contributed by atoms with Gasteiger partial charge in [0.25, 0.3) is 11.8 Å². The Hall–Kier alpha value is -4.12. The van der Waals surface area contributed by atoms with Gasteiger partial charge in [0, 0.05) is 0 Å². The Labute approximate surface area is 203 Å². The van der Waals surface area contributed by atoms with Gasteiger partial charge in [-0.15, -0.1) is 0 Å². The van der Waals surface area contributed by atoms with Crippen LogP contribution in [0.25, 0.3) is 0 Å². The van der Waals surface area contributed by atoms with Crippen LogP contribution in [-0.4, -0.2) is 45.9 Å². The van der Waals surface area contributed by atoms with Gasteiger partial charge in [0.1, 0.15) is 18.1 Å². The van der Waals surface area contributed by atoms with E-state index in [4.69, 9.17) is 9.15 Å². The number of hydrogen-bond donors (Lipinski definition) is 2. The topological polar surface area (TPSA) is 130 Å². The smallest absolute Gasteiger partial charge is 0.260 e. The summed E-state index contributed by atoms with van der Waals surface area (Å²) in [4.78, 5) is 24.1. The number of furan rings is 1. The predicted octanol–water partition coefficient (Wildman–Crippen LogP) is 2.20. The van der Waals surface area contributed by atoms with Crippen molar-refractivity contribution in [1.29, 1.82) is 0 Å². The number of carbonyl (C=O) groups is 2. The Morgan fingerprint density at radius 2 is 1.86 bits per heavy atom. The largest absolute Gasteiger partial charge is 0.484 e. The van der Waals surface area contributed by atoms with Gasteiger partial charge >= 0.3 is 0 Å². The van der Waals surface area contributed by atoms with Crippen molar-refractivity contribution in [2.75, 3.05) is 23.7 Å². The van der Waals surface area contributed by atoms with E-state index >= 15 is 0 Å². The molecule has 0 saturated heterocycles. The van der Waals surface area contributed by atoms with Crippen LogP contribution in [0.15, 0.2) is 76.4 Å². The Bertz CT molecular complexity index is 1270. The molecule has 1 heterocycles. The monoisotopic (exact) mass is 498 g/mol. The zero-order chi connectivity index (χ0) is 25.3. The average molecular weight is 499 g/mol. The zero-order valence-corrected chi connectivity index (χ0v) is 20.1. The van der Waals surface area contributed by atoms with Crippen LogP contribution in [0.3, 0.4) is 0 Å². The molecule has 0 fully saturated rings. The normalized spacial score (nSPS) is 11.3. The number of nitrogens with one attached hydrogen (secondary N) is 2. The third-order valence-electron chi connectivity index (χ3n) is 4.67. The first-order chi connectivity index (χ1) is 16.7. The number of anilines is 1. The van der Waals surface area contributed by atoms with E-state index < -0.39 is 22.5 Å². The van der Waals surface area contributed by atoms with Gasteiger partial charge in [0.15, 0.2) is 6.61 Å². The molecule has 0 atom stereocenters. The number of ether oxygens (including phenoxy) is 1. The molecule has 3 rings (SSSR count). The van der Waals surface area contributed by atoms with Crippen LogP contribution >= 0.6 is 0 Å². The summed E-state index contributed by atoms with van der Waals surface area (Å²) in [6.07, 6.45) is 3.98. The van der Waals surface area contributed by atoms with Crippen LogP contribution in [0.5, 0.6) is 5.75 Å². The van der Waals surface area contributed by atoms with Crippen molar-refractivity contribution < 1.29 is 27.2 Å². The predicted molar refractivity (Wildman–Crippen MR) is 132 cm³/mol. The highest BCUT2D eigenvalue weighted by Gasteiger charge is 2.20. The molecule has 0 unspecified atom stereocenters. The summed E-state index contributed by atoms with van der Waals surface area (Å²) >= 11 is 0. The number of rotatable bonds is 11. The summed E-state index contributed by atoms with van der Waals surface area (Å²) < 4.78 is 35.9. The molecule has 1 aromatic heterocycles. The van der Waals surface area contributed by atoms with Crippen LogP contribution < -0.4 is 19.8 Å². The van der Waals surface area contributed by atoms with E-state index in [-0.39, 0.29) is 19.1 Å². The van der Waals surface area contributed by atoms with Crippen molar-refractivity contribution >= 4 is 33.7 Å². The van der Waals surface area contributed by atoms with Crippen LogP contribution in [0.4, 0.5) is 5.69 Å². The number of sulfonamides is 1. The lowest BCUT2D eigenvalue weighted by molar-refractivity contribution is -0.123. The van der Waals surface area contributed by atoms with Crippen LogP contribution in [0, 0.1) is 6.92 Å². The van der Waals surface area contributed by atoms with Crippen molar-refractivity contribution in [1.82, 2.24) is 10.7 Å². The third kappa shape index (κ3) is 8.31.